The molecule has 0 spiro atoms. The van der Waals surface area contributed by atoms with Crippen molar-refractivity contribution in [1.29, 1.82) is 0 Å². The van der Waals surface area contributed by atoms with Gasteiger partial charge in [0.25, 0.3) is 0 Å². The van der Waals surface area contributed by atoms with Crippen molar-refractivity contribution in [3.05, 3.63) is 84.4 Å². The van der Waals surface area contributed by atoms with Crippen molar-refractivity contribution < 1.29 is 0 Å². The number of aryl methyl sites for hydroxylation is 1. The van der Waals surface area contributed by atoms with Crippen LogP contribution in [0.15, 0.2) is 78.9 Å². The minimum absolute atomic E-state index is 1.31. The first-order chi connectivity index (χ1) is 11.3. The Morgan fingerprint density at radius 1 is 0.478 bits per heavy atom. The predicted molar refractivity (Wildman–Crippen MR) is 101 cm³/mol. The molecule has 0 aliphatic rings. The van der Waals surface area contributed by atoms with Crippen molar-refractivity contribution in [2.75, 3.05) is 0 Å². The molecule has 0 unspecified atom stereocenters. The van der Waals surface area contributed by atoms with Crippen molar-refractivity contribution >= 4 is 43.1 Å². The van der Waals surface area contributed by atoms with E-state index in [1.54, 1.807) is 0 Å². The molecular formula is C23H16. The molecule has 0 atom stereocenters. The number of rotatable bonds is 0. The van der Waals surface area contributed by atoms with E-state index in [-0.39, 0.29) is 0 Å². The Balaban J connectivity index is 2.11. The summed E-state index contributed by atoms with van der Waals surface area (Å²) in [4.78, 5) is 0. The van der Waals surface area contributed by atoms with Crippen LogP contribution in [0.1, 0.15) is 5.56 Å². The van der Waals surface area contributed by atoms with Gasteiger partial charge in [-0.05, 0) is 61.6 Å². The highest BCUT2D eigenvalue weighted by molar-refractivity contribution is 6.20. The Morgan fingerprint density at radius 2 is 0.913 bits per heavy atom. The molecule has 0 saturated carbocycles. The summed E-state index contributed by atoms with van der Waals surface area (Å²) in [5, 5.41) is 10.7. The average molecular weight is 292 g/mol. The maximum Gasteiger partial charge on any atom is -0.00695 e. The molecule has 0 aliphatic heterocycles. The minimum atomic E-state index is 1.31. The second-order valence-corrected chi connectivity index (χ2v) is 6.27. The van der Waals surface area contributed by atoms with Crippen LogP contribution in [-0.2, 0) is 0 Å². The largest absolute Gasteiger partial charge is 0.0616 e. The number of hydrogen-bond acceptors (Lipinski definition) is 0. The quantitative estimate of drug-likeness (QED) is 0.222. The van der Waals surface area contributed by atoms with Crippen molar-refractivity contribution in [3.8, 4) is 0 Å². The van der Waals surface area contributed by atoms with Crippen molar-refractivity contribution in [2.24, 2.45) is 0 Å². The van der Waals surface area contributed by atoms with Crippen LogP contribution in [0.2, 0.25) is 0 Å². The first-order valence-corrected chi connectivity index (χ1v) is 8.05. The Morgan fingerprint density at radius 3 is 1.43 bits per heavy atom. The summed E-state index contributed by atoms with van der Waals surface area (Å²) >= 11 is 0. The van der Waals surface area contributed by atoms with E-state index >= 15 is 0 Å². The third kappa shape index (κ3) is 1.72. The average Bonchev–Trinajstić information content (AvgIpc) is 2.61. The highest BCUT2D eigenvalue weighted by Gasteiger charge is 2.09. The zero-order valence-corrected chi connectivity index (χ0v) is 13.0. The van der Waals surface area contributed by atoms with Gasteiger partial charge in [0, 0.05) is 0 Å². The molecule has 0 heteroatoms. The molecule has 5 aromatic rings. The third-order valence-electron chi connectivity index (χ3n) is 4.98. The summed E-state index contributed by atoms with van der Waals surface area (Å²) in [6, 6.07) is 28.6. The molecule has 0 bridgehead atoms. The molecule has 0 N–H and O–H groups in total. The Bertz CT molecular complexity index is 1120. The van der Waals surface area contributed by atoms with Crippen molar-refractivity contribution in [1.82, 2.24) is 0 Å². The molecule has 0 aliphatic carbocycles. The van der Waals surface area contributed by atoms with E-state index in [4.69, 9.17) is 0 Å². The zero-order valence-electron chi connectivity index (χ0n) is 13.0. The molecule has 5 aromatic carbocycles. The van der Waals surface area contributed by atoms with Crippen LogP contribution in [0.5, 0.6) is 0 Å². The summed E-state index contributed by atoms with van der Waals surface area (Å²) in [6.45, 7) is 2.27. The summed E-state index contributed by atoms with van der Waals surface area (Å²) < 4.78 is 0. The molecule has 0 saturated heterocycles. The van der Waals surface area contributed by atoms with Gasteiger partial charge in [-0.3, -0.25) is 0 Å². The van der Waals surface area contributed by atoms with E-state index in [9.17, 15) is 0 Å². The van der Waals surface area contributed by atoms with E-state index in [2.05, 4.69) is 85.8 Å². The summed E-state index contributed by atoms with van der Waals surface area (Å²) in [5.74, 6) is 0. The fourth-order valence-electron chi connectivity index (χ4n) is 3.95. The van der Waals surface area contributed by atoms with Gasteiger partial charge >= 0.3 is 0 Å². The standard InChI is InChI=1S/C23H16/c1-15-22-18(12-10-16-6-2-4-8-20(16)22)14-19-13-11-17-7-3-5-9-21(17)23(15)19/h2-14H,1H3. The summed E-state index contributed by atoms with van der Waals surface area (Å²) in [7, 11) is 0. The lowest BCUT2D eigenvalue weighted by Gasteiger charge is -2.13. The zero-order chi connectivity index (χ0) is 15.4. The van der Waals surface area contributed by atoms with Crippen LogP contribution >= 0.6 is 0 Å². The SMILES string of the molecule is Cc1c2c(ccc3ccccc32)cc2ccc3ccccc3c12. The Labute approximate surface area is 135 Å². The number of benzene rings is 5. The minimum Gasteiger partial charge on any atom is -0.0616 e. The third-order valence-corrected chi connectivity index (χ3v) is 4.98. The van der Waals surface area contributed by atoms with Gasteiger partial charge in [0.15, 0.2) is 0 Å². The maximum atomic E-state index is 2.33. The monoisotopic (exact) mass is 292 g/mol. The second-order valence-electron chi connectivity index (χ2n) is 6.27. The molecule has 0 heterocycles. The van der Waals surface area contributed by atoms with Gasteiger partial charge in [0.1, 0.15) is 0 Å². The highest BCUT2D eigenvalue weighted by Crippen LogP contribution is 2.36. The van der Waals surface area contributed by atoms with Gasteiger partial charge in [0.2, 0.25) is 0 Å². The van der Waals surface area contributed by atoms with E-state index in [1.807, 2.05) is 0 Å². The first kappa shape index (κ1) is 12.7. The van der Waals surface area contributed by atoms with E-state index < -0.39 is 0 Å². The molecule has 0 aromatic heterocycles. The fraction of sp³-hybridized carbons (Fsp3) is 0.0435. The predicted octanol–water partition coefficient (Wildman–Crippen LogP) is 6.61. The normalized spacial score (nSPS) is 11.7. The van der Waals surface area contributed by atoms with E-state index in [0.29, 0.717) is 0 Å². The maximum absolute atomic E-state index is 2.33. The smallest absolute Gasteiger partial charge is 0.00695 e. The van der Waals surface area contributed by atoms with Crippen LogP contribution in [0.25, 0.3) is 43.1 Å². The van der Waals surface area contributed by atoms with Gasteiger partial charge in [-0.2, -0.15) is 0 Å². The fourth-order valence-corrected chi connectivity index (χ4v) is 3.95. The topological polar surface area (TPSA) is 0 Å². The molecule has 0 fully saturated rings. The number of hydrogen-bond donors (Lipinski definition) is 0. The Hall–Kier alpha value is -2.86. The highest BCUT2D eigenvalue weighted by atomic mass is 14.1. The van der Waals surface area contributed by atoms with E-state index in [1.165, 1.54) is 48.7 Å². The summed E-state index contributed by atoms with van der Waals surface area (Å²) in [5.41, 5.74) is 1.38. The van der Waals surface area contributed by atoms with Crippen LogP contribution in [0.4, 0.5) is 0 Å². The van der Waals surface area contributed by atoms with Crippen LogP contribution in [0, 0.1) is 6.92 Å². The van der Waals surface area contributed by atoms with Gasteiger partial charge < -0.3 is 0 Å². The lowest BCUT2D eigenvalue weighted by Crippen LogP contribution is -1.87. The summed E-state index contributed by atoms with van der Waals surface area (Å²) in [6.07, 6.45) is 0. The lowest BCUT2D eigenvalue weighted by atomic mass is 9.91. The molecule has 108 valence electrons. The Kier molecular flexibility index (Phi) is 2.51. The number of fused-ring (bicyclic) bond motifs is 6. The van der Waals surface area contributed by atoms with Gasteiger partial charge in [-0.25, -0.2) is 0 Å². The van der Waals surface area contributed by atoms with E-state index in [0.717, 1.165) is 0 Å². The van der Waals surface area contributed by atoms with Crippen LogP contribution in [0.3, 0.4) is 0 Å². The van der Waals surface area contributed by atoms with Gasteiger partial charge in [0.05, 0.1) is 0 Å². The molecule has 0 radical (unpaired) electrons. The molecule has 0 amide bonds. The molecule has 5 rings (SSSR count). The van der Waals surface area contributed by atoms with Gasteiger partial charge in [-0.1, -0.05) is 72.8 Å². The molecule has 0 nitrogen and oxygen atoms in total. The molecule has 23 heavy (non-hydrogen) atoms. The van der Waals surface area contributed by atoms with Crippen LogP contribution in [-0.4, -0.2) is 0 Å². The van der Waals surface area contributed by atoms with Crippen molar-refractivity contribution in [2.45, 2.75) is 6.92 Å². The van der Waals surface area contributed by atoms with Gasteiger partial charge in [-0.15, -0.1) is 0 Å². The van der Waals surface area contributed by atoms with Crippen LogP contribution < -0.4 is 0 Å². The second kappa shape index (κ2) is 4.57. The lowest BCUT2D eigenvalue weighted by molar-refractivity contribution is 1.61. The van der Waals surface area contributed by atoms with Crippen molar-refractivity contribution in [3.63, 3.8) is 0 Å². The molecular weight excluding hydrogens is 276 g/mol. The first-order valence-electron chi connectivity index (χ1n) is 8.05.